The fourth-order valence-electron chi connectivity index (χ4n) is 4.63. The molecule has 33 heavy (non-hydrogen) atoms. The lowest BCUT2D eigenvalue weighted by atomic mass is 9.99. The van der Waals surface area contributed by atoms with Crippen LogP contribution in [0.1, 0.15) is 24.8 Å². The summed E-state index contributed by atoms with van der Waals surface area (Å²) < 4.78 is 30.4. The number of fused-ring (bicyclic) bond motifs is 2. The fourth-order valence-corrected chi connectivity index (χ4v) is 4.95. The van der Waals surface area contributed by atoms with Crippen LogP contribution in [-0.2, 0) is 11.3 Å². The summed E-state index contributed by atoms with van der Waals surface area (Å²) in [6, 6.07) is 3.57. The molecule has 4 heterocycles. The molecule has 2 aliphatic rings. The van der Waals surface area contributed by atoms with Crippen LogP contribution in [0.4, 0.5) is 14.6 Å². The predicted octanol–water partition coefficient (Wildman–Crippen LogP) is 4.56. The molecule has 10 heteroatoms. The number of rotatable bonds is 5. The molecule has 1 saturated heterocycles. The van der Waals surface area contributed by atoms with Crippen molar-refractivity contribution in [3.8, 4) is 11.1 Å². The van der Waals surface area contributed by atoms with Gasteiger partial charge >= 0.3 is 0 Å². The largest absolute Gasteiger partial charge is 0.309 e. The van der Waals surface area contributed by atoms with Crippen LogP contribution in [0.2, 0.25) is 5.02 Å². The van der Waals surface area contributed by atoms with E-state index in [-0.39, 0.29) is 17.4 Å². The van der Waals surface area contributed by atoms with Gasteiger partial charge in [-0.3, -0.25) is 14.8 Å². The van der Waals surface area contributed by atoms with E-state index >= 15 is 4.39 Å². The molecule has 2 N–H and O–H groups in total. The zero-order chi connectivity index (χ0) is 22.7. The van der Waals surface area contributed by atoms with E-state index in [4.69, 9.17) is 11.6 Å². The first-order chi connectivity index (χ1) is 16.0. The van der Waals surface area contributed by atoms with Crippen LogP contribution in [-0.4, -0.2) is 49.7 Å². The molecule has 2 fully saturated rings. The number of imidazole rings is 1. The van der Waals surface area contributed by atoms with Crippen LogP contribution in [0, 0.1) is 11.7 Å². The van der Waals surface area contributed by atoms with Gasteiger partial charge in [0.2, 0.25) is 5.91 Å². The molecule has 0 unspecified atom stereocenters. The quantitative estimate of drug-likeness (QED) is 0.448. The normalized spacial score (nSPS) is 20.7. The third-order valence-corrected chi connectivity index (χ3v) is 6.86. The number of aromatic amines is 1. The number of pyridine rings is 1. The Labute approximate surface area is 192 Å². The Morgan fingerprint density at radius 3 is 2.82 bits per heavy atom. The number of likely N-dealkylation sites (tertiary alicyclic amines) is 1. The van der Waals surface area contributed by atoms with Gasteiger partial charge in [-0.15, -0.1) is 0 Å². The van der Waals surface area contributed by atoms with Gasteiger partial charge in [-0.25, -0.2) is 13.8 Å². The van der Waals surface area contributed by atoms with E-state index < -0.39 is 17.9 Å². The highest BCUT2D eigenvalue weighted by Gasteiger charge is 2.43. The van der Waals surface area contributed by atoms with Crippen LogP contribution in [0.3, 0.4) is 0 Å². The summed E-state index contributed by atoms with van der Waals surface area (Å²) in [6.07, 6.45) is 6.49. The molecule has 1 aliphatic carbocycles. The number of H-pyrrole nitrogens is 1. The molecular weight excluding hydrogens is 450 g/mol. The standard InChI is InChI=1S/C23H21ClF2N6O/c24-20-19(14-8-27-30-22(14)15(21(20)26)10-31-5-1-2-6-31)12-3-4-18-28-17(11-32(18)9-12)29-23(33)13-7-16(13)25/h3-4,8-9,11,13,16H,1-2,5-7,10H2,(H,27,30)(H,29,33)/t13-,16+/m1/s1. The highest BCUT2D eigenvalue weighted by molar-refractivity contribution is 6.35. The third-order valence-electron chi connectivity index (χ3n) is 6.51. The first kappa shape index (κ1) is 20.6. The Kier molecular flexibility index (Phi) is 4.84. The maximum absolute atomic E-state index is 15.5. The Bertz CT molecular complexity index is 1390. The van der Waals surface area contributed by atoms with Gasteiger partial charge in [0.25, 0.3) is 0 Å². The summed E-state index contributed by atoms with van der Waals surface area (Å²) >= 11 is 6.58. The fraction of sp³-hybridized carbons (Fsp3) is 0.348. The SMILES string of the molecule is O=C(Nc1cn2cc(-c3c(Cl)c(F)c(CN4CCCC4)c4[nH]ncc34)ccc2n1)[C@@H]1C[C@@H]1F. The van der Waals surface area contributed by atoms with E-state index in [1.165, 1.54) is 0 Å². The number of alkyl halides is 1. The summed E-state index contributed by atoms with van der Waals surface area (Å²) in [4.78, 5) is 18.6. The van der Waals surface area contributed by atoms with Crippen molar-refractivity contribution in [3.63, 3.8) is 0 Å². The van der Waals surface area contributed by atoms with E-state index in [9.17, 15) is 9.18 Å². The maximum Gasteiger partial charge on any atom is 0.231 e. The summed E-state index contributed by atoms with van der Waals surface area (Å²) in [5, 5.41) is 10.6. The number of anilines is 1. The molecule has 6 rings (SSSR count). The molecule has 4 aromatic rings. The maximum atomic E-state index is 15.5. The number of carbonyl (C=O) groups is 1. The van der Waals surface area contributed by atoms with Gasteiger partial charge in [0.05, 0.1) is 28.9 Å². The number of aromatic nitrogens is 4. The van der Waals surface area contributed by atoms with Crippen molar-refractivity contribution in [2.45, 2.75) is 32.0 Å². The second kappa shape index (κ2) is 7.78. The Balaban J connectivity index is 1.38. The minimum Gasteiger partial charge on any atom is -0.309 e. The number of amides is 1. The van der Waals surface area contributed by atoms with Gasteiger partial charge in [-0.05, 0) is 44.5 Å². The highest BCUT2D eigenvalue weighted by Crippen LogP contribution is 2.40. The van der Waals surface area contributed by atoms with Crippen LogP contribution in [0.25, 0.3) is 27.7 Å². The average Bonchev–Trinajstić information content (AvgIpc) is 3.22. The summed E-state index contributed by atoms with van der Waals surface area (Å²) in [5.74, 6) is -1.08. The average molecular weight is 471 g/mol. The topological polar surface area (TPSA) is 78.3 Å². The molecule has 3 aromatic heterocycles. The minimum absolute atomic E-state index is 0.0498. The molecule has 170 valence electrons. The van der Waals surface area contributed by atoms with Crippen LogP contribution in [0.15, 0.2) is 30.7 Å². The monoisotopic (exact) mass is 470 g/mol. The van der Waals surface area contributed by atoms with Crippen molar-refractivity contribution in [2.75, 3.05) is 18.4 Å². The second-order valence-corrected chi connectivity index (χ2v) is 9.16. The van der Waals surface area contributed by atoms with Crippen molar-refractivity contribution in [3.05, 3.63) is 47.1 Å². The summed E-state index contributed by atoms with van der Waals surface area (Å²) in [6.45, 7) is 2.36. The van der Waals surface area contributed by atoms with E-state index in [0.29, 0.717) is 40.2 Å². The second-order valence-electron chi connectivity index (χ2n) is 8.78. The first-order valence-corrected chi connectivity index (χ1v) is 11.4. The van der Waals surface area contributed by atoms with Crippen molar-refractivity contribution in [1.82, 2.24) is 24.5 Å². The number of hydrogen-bond donors (Lipinski definition) is 2. The molecule has 0 bridgehead atoms. The van der Waals surface area contributed by atoms with Gasteiger partial charge in [0.15, 0.2) is 5.82 Å². The Morgan fingerprint density at radius 1 is 1.27 bits per heavy atom. The summed E-state index contributed by atoms with van der Waals surface area (Å²) in [5.41, 5.74) is 2.99. The van der Waals surface area contributed by atoms with Crippen LogP contribution >= 0.6 is 11.6 Å². The molecule has 2 atom stereocenters. The molecule has 1 saturated carbocycles. The number of nitrogens with zero attached hydrogens (tertiary/aromatic N) is 4. The molecule has 7 nitrogen and oxygen atoms in total. The molecule has 1 aromatic carbocycles. The Morgan fingerprint density at radius 2 is 2.06 bits per heavy atom. The lowest BCUT2D eigenvalue weighted by Gasteiger charge is -2.18. The van der Waals surface area contributed by atoms with Gasteiger partial charge in [-0.1, -0.05) is 11.6 Å². The van der Waals surface area contributed by atoms with Crippen molar-refractivity contribution in [2.24, 2.45) is 5.92 Å². The molecule has 0 radical (unpaired) electrons. The van der Waals surface area contributed by atoms with Crippen molar-refractivity contribution in [1.29, 1.82) is 0 Å². The van der Waals surface area contributed by atoms with Crippen molar-refractivity contribution >= 4 is 39.9 Å². The zero-order valence-electron chi connectivity index (χ0n) is 17.6. The highest BCUT2D eigenvalue weighted by atomic mass is 35.5. The number of nitrogens with one attached hydrogen (secondary N) is 2. The van der Waals surface area contributed by atoms with E-state index in [1.54, 1.807) is 35.1 Å². The first-order valence-electron chi connectivity index (χ1n) is 11.0. The van der Waals surface area contributed by atoms with E-state index in [1.807, 2.05) is 0 Å². The zero-order valence-corrected chi connectivity index (χ0v) is 18.4. The molecule has 0 spiro atoms. The summed E-state index contributed by atoms with van der Waals surface area (Å²) in [7, 11) is 0. The van der Waals surface area contributed by atoms with Crippen molar-refractivity contribution < 1.29 is 13.6 Å². The molecule has 1 aliphatic heterocycles. The molecule has 1 amide bonds. The van der Waals surface area contributed by atoms with Crippen LogP contribution < -0.4 is 5.32 Å². The van der Waals surface area contributed by atoms with Gasteiger partial charge < -0.3 is 9.72 Å². The smallest absolute Gasteiger partial charge is 0.231 e. The Hall–Kier alpha value is -3.04. The van der Waals surface area contributed by atoms with E-state index in [0.717, 1.165) is 31.3 Å². The van der Waals surface area contributed by atoms with Gasteiger partial charge in [0, 0.05) is 34.8 Å². The number of benzene rings is 1. The predicted molar refractivity (Wildman–Crippen MR) is 121 cm³/mol. The van der Waals surface area contributed by atoms with E-state index in [2.05, 4.69) is 25.4 Å². The number of halogens is 3. The number of carbonyl (C=O) groups excluding carboxylic acids is 1. The lowest BCUT2D eigenvalue weighted by Crippen LogP contribution is -2.19. The molecular formula is C23H21ClF2N6O. The third kappa shape index (κ3) is 3.55. The minimum atomic E-state index is -1.07. The van der Waals surface area contributed by atoms with Gasteiger partial charge in [-0.2, -0.15) is 5.10 Å². The number of hydrogen-bond acceptors (Lipinski definition) is 4. The van der Waals surface area contributed by atoms with Crippen LogP contribution in [0.5, 0.6) is 0 Å². The van der Waals surface area contributed by atoms with Gasteiger partial charge in [0.1, 0.15) is 17.6 Å². The lowest BCUT2D eigenvalue weighted by molar-refractivity contribution is -0.117.